The Balaban J connectivity index is 1.22. The second-order valence-electron chi connectivity index (χ2n) is 9.90. The topological polar surface area (TPSA) is 228 Å². The fourth-order valence-corrected chi connectivity index (χ4v) is 7.19. The smallest absolute Gasteiger partial charge is 0.352 e. The Hall–Kier alpha value is -5.29. The molecule has 2 aliphatic rings. The van der Waals surface area contributed by atoms with Gasteiger partial charge in [0.15, 0.2) is 11.5 Å². The fourth-order valence-electron chi connectivity index (χ4n) is 4.92. The van der Waals surface area contributed by atoms with Crippen LogP contribution >= 0.6 is 23.5 Å². The number of carbonyl (C=O) groups is 4. The number of amides is 3. The van der Waals surface area contributed by atoms with E-state index in [0.29, 0.717) is 21.9 Å². The summed E-state index contributed by atoms with van der Waals surface area (Å²) in [7, 11) is 0. The maximum absolute atomic E-state index is 13.6. The molecule has 1 saturated heterocycles. The number of rotatable bonds is 9. The van der Waals surface area contributed by atoms with Crippen molar-refractivity contribution in [2.75, 3.05) is 11.5 Å². The molecule has 15 nitrogen and oxygen atoms in total. The van der Waals surface area contributed by atoms with E-state index >= 15 is 0 Å². The zero-order chi connectivity index (χ0) is 31.8. The molecule has 4 aromatic rings. The summed E-state index contributed by atoms with van der Waals surface area (Å²) in [6.07, 6.45) is 2.37. The number of H-pyrrole nitrogens is 1. The van der Waals surface area contributed by atoms with Crippen molar-refractivity contribution < 1.29 is 38.9 Å². The van der Waals surface area contributed by atoms with Crippen LogP contribution in [0.1, 0.15) is 22.0 Å². The maximum atomic E-state index is 13.6. The first-order chi connectivity index (χ1) is 21.6. The third kappa shape index (κ3) is 5.58. The Kier molecular flexibility index (Phi) is 7.94. The highest BCUT2D eigenvalue weighted by Crippen LogP contribution is 2.41. The number of hydrogen-bond acceptors (Lipinski definition) is 12. The third-order valence-electron chi connectivity index (χ3n) is 7.13. The van der Waals surface area contributed by atoms with Crippen molar-refractivity contribution in [1.82, 2.24) is 30.9 Å². The summed E-state index contributed by atoms with van der Waals surface area (Å²) in [5, 5.41) is 44.4. The lowest BCUT2D eigenvalue weighted by Crippen LogP contribution is -2.71. The first kappa shape index (κ1) is 29.8. The van der Waals surface area contributed by atoms with Crippen LogP contribution < -0.4 is 16.1 Å². The number of thioether (sulfide) groups is 2. The van der Waals surface area contributed by atoms with Gasteiger partial charge in [0.05, 0.1) is 11.6 Å². The molecule has 1 unspecified atom stereocenters. The normalized spacial score (nSPS) is 18.2. The molecule has 1 fully saturated rings. The van der Waals surface area contributed by atoms with Crippen molar-refractivity contribution in [3.63, 3.8) is 0 Å². The highest BCUT2D eigenvalue weighted by atomic mass is 32.2. The number of phenolic OH excluding ortho intramolecular Hbond substituents is 2. The number of aliphatic carboxylic acids is 1. The van der Waals surface area contributed by atoms with Gasteiger partial charge in [-0.05, 0) is 17.2 Å². The fraction of sp³-hybridized carbons (Fsp3) is 0.179. The highest BCUT2D eigenvalue weighted by Gasteiger charge is 2.54. The van der Waals surface area contributed by atoms with Crippen LogP contribution in [0.3, 0.4) is 0 Å². The first-order valence-corrected chi connectivity index (χ1v) is 15.2. The van der Waals surface area contributed by atoms with E-state index in [1.807, 2.05) is 0 Å². The monoisotopic (exact) mass is 650 g/mol. The number of aromatic amines is 1. The number of β-lactam (4-membered cyclic amide) rings is 1. The predicted octanol–water partition coefficient (Wildman–Crippen LogP) is 1.32. The molecule has 17 heteroatoms. The number of benzene rings is 2. The Labute approximate surface area is 260 Å². The maximum Gasteiger partial charge on any atom is 0.352 e. The van der Waals surface area contributed by atoms with Crippen molar-refractivity contribution in [2.24, 2.45) is 0 Å². The van der Waals surface area contributed by atoms with Crippen molar-refractivity contribution in [1.29, 1.82) is 0 Å². The molecule has 6 N–H and O–H groups in total. The van der Waals surface area contributed by atoms with Gasteiger partial charge in [0.25, 0.3) is 11.8 Å². The minimum absolute atomic E-state index is 0.0721. The first-order valence-electron chi connectivity index (χ1n) is 13.2. The number of fused-ring (bicyclic) bond motifs is 2. The van der Waals surface area contributed by atoms with E-state index in [2.05, 4.69) is 26.0 Å². The van der Waals surface area contributed by atoms with Gasteiger partial charge in [-0.25, -0.2) is 4.79 Å². The molecule has 0 bridgehead atoms. The molecular weight excluding hydrogens is 628 g/mol. The van der Waals surface area contributed by atoms with Crippen LogP contribution in [0.4, 0.5) is 0 Å². The molecule has 4 heterocycles. The summed E-state index contributed by atoms with van der Waals surface area (Å²) in [6.45, 7) is 0. The molecule has 0 spiro atoms. The Morgan fingerprint density at radius 1 is 1.16 bits per heavy atom. The van der Waals surface area contributed by atoms with E-state index < -0.39 is 63.6 Å². The summed E-state index contributed by atoms with van der Waals surface area (Å²) in [6, 6.07) is 7.67. The summed E-state index contributed by atoms with van der Waals surface area (Å²) >= 11 is 2.58. The number of nitrogens with one attached hydrogen (secondary N) is 3. The van der Waals surface area contributed by atoms with Gasteiger partial charge >= 0.3 is 5.97 Å². The van der Waals surface area contributed by atoms with Crippen LogP contribution in [0.5, 0.6) is 11.5 Å². The van der Waals surface area contributed by atoms with Gasteiger partial charge < -0.3 is 30.4 Å². The van der Waals surface area contributed by atoms with Crippen LogP contribution in [0, 0.1) is 0 Å². The van der Waals surface area contributed by atoms with Crippen LogP contribution in [-0.2, 0) is 14.4 Å². The lowest BCUT2D eigenvalue weighted by molar-refractivity contribution is -0.151. The average Bonchev–Trinajstić information content (AvgIpc) is 3.56. The zero-order valence-corrected chi connectivity index (χ0v) is 24.4. The minimum Gasteiger partial charge on any atom is -0.504 e. The summed E-state index contributed by atoms with van der Waals surface area (Å²) < 4.78 is 5.32. The number of aromatic nitrogens is 3. The molecule has 45 heavy (non-hydrogen) atoms. The largest absolute Gasteiger partial charge is 0.504 e. The van der Waals surface area contributed by atoms with Crippen LogP contribution in [0.2, 0.25) is 0 Å². The Morgan fingerprint density at radius 2 is 1.91 bits per heavy atom. The summed E-state index contributed by atoms with van der Waals surface area (Å²) in [4.78, 5) is 66.5. The van der Waals surface area contributed by atoms with Gasteiger partial charge in [0, 0.05) is 17.6 Å². The number of carboxylic acid groups (broad SMARTS) is 1. The van der Waals surface area contributed by atoms with Crippen molar-refractivity contribution in [3.05, 3.63) is 87.5 Å². The molecule has 0 radical (unpaired) electrons. The summed E-state index contributed by atoms with van der Waals surface area (Å²) in [5.74, 6) is -4.17. The van der Waals surface area contributed by atoms with E-state index in [0.717, 1.165) is 23.3 Å². The molecule has 3 atom stereocenters. The second kappa shape index (κ2) is 12.0. The van der Waals surface area contributed by atoms with Crippen LogP contribution in [-0.4, -0.2) is 82.2 Å². The minimum atomic E-state index is -1.36. The molecule has 2 aromatic heterocycles. The number of hydrogen-bond donors (Lipinski definition) is 6. The molecular formula is C28H22N6O9S2. The predicted molar refractivity (Wildman–Crippen MR) is 159 cm³/mol. The Morgan fingerprint density at radius 3 is 2.62 bits per heavy atom. The lowest BCUT2D eigenvalue weighted by atomic mass is 10.0. The average molecular weight is 651 g/mol. The number of aromatic hydroxyl groups is 2. The van der Waals surface area contributed by atoms with E-state index in [4.69, 9.17) is 4.42 Å². The molecule has 3 amide bonds. The SMILES string of the molecule is O=C(O)C1=C(CSc2cnn[nH]2)CS[C@H]2[C@H](NC(=O)C(NC(=O)c3coc4cc(O)c(O)cc4c3=O)c3ccccc3)C(=O)N12. The number of carboxylic acids is 1. The lowest BCUT2D eigenvalue weighted by Gasteiger charge is -2.49. The van der Waals surface area contributed by atoms with E-state index in [9.17, 15) is 39.3 Å². The van der Waals surface area contributed by atoms with Crippen LogP contribution in [0.25, 0.3) is 11.0 Å². The van der Waals surface area contributed by atoms with Gasteiger partial charge in [0.1, 0.15) is 45.6 Å². The van der Waals surface area contributed by atoms with Gasteiger partial charge in [-0.1, -0.05) is 35.5 Å². The van der Waals surface area contributed by atoms with E-state index in [-0.39, 0.29) is 22.4 Å². The van der Waals surface area contributed by atoms with Crippen LogP contribution in [0.15, 0.2) is 80.4 Å². The molecule has 2 aliphatic heterocycles. The molecule has 230 valence electrons. The Bertz CT molecular complexity index is 1930. The highest BCUT2D eigenvalue weighted by molar-refractivity contribution is 8.01. The van der Waals surface area contributed by atoms with E-state index in [1.165, 1.54) is 29.7 Å². The molecule has 6 rings (SSSR count). The van der Waals surface area contributed by atoms with E-state index in [1.54, 1.807) is 30.3 Å². The van der Waals surface area contributed by atoms with Gasteiger partial charge in [0.2, 0.25) is 11.3 Å². The number of nitrogens with zero attached hydrogens (tertiary/aromatic N) is 3. The third-order valence-corrected chi connectivity index (χ3v) is 9.47. The molecule has 0 saturated carbocycles. The standard InChI is InChI=1S/C28H22N6O9S2/c35-16-6-14-18(7-17(16)36)43-9-15(23(14)37)24(38)30-20(12-4-2-1-3-5-12)25(39)31-21-26(40)34-22(28(41)42)13(11-45-27(21)34)10-44-19-8-29-33-32-19/h1-9,20-21,27,35-36H,10-11H2,(H,30,38)(H,31,39)(H,41,42)(H,29,32,33)/t20?,21-,27+/m1/s1. The molecule has 0 aliphatic carbocycles. The number of phenols is 2. The quantitative estimate of drug-likeness (QED) is 0.0854. The van der Waals surface area contributed by atoms with Crippen molar-refractivity contribution >= 4 is 58.2 Å². The van der Waals surface area contributed by atoms with Gasteiger partial charge in [-0.15, -0.1) is 28.6 Å². The van der Waals surface area contributed by atoms with Gasteiger partial charge in [-0.3, -0.25) is 29.2 Å². The zero-order valence-electron chi connectivity index (χ0n) is 22.8. The second-order valence-corrected chi connectivity index (χ2v) is 12.0. The number of carbonyl (C=O) groups excluding carboxylic acids is 3. The molecule has 2 aromatic carbocycles. The van der Waals surface area contributed by atoms with Crippen molar-refractivity contribution in [2.45, 2.75) is 22.5 Å². The summed E-state index contributed by atoms with van der Waals surface area (Å²) in [5.41, 5.74) is -0.641. The van der Waals surface area contributed by atoms with Gasteiger partial charge in [-0.2, -0.15) is 0 Å². The van der Waals surface area contributed by atoms with Crippen molar-refractivity contribution in [3.8, 4) is 11.5 Å².